The van der Waals surface area contributed by atoms with E-state index in [1.165, 1.54) is 12.3 Å². The van der Waals surface area contributed by atoms with Crippen molar-refractivity contribution in [1.82, 2.24) is 25.2 Å². The molecule has 0 unspecified atom stereocenters. The number of ether oxygens (including phenoxy) is 1. The molecule has 1 saturated heterocycles. The number of alkyl halides is 2. The number of H-pyrrole nitrogens is 1. The summed E-state index contributed by atoms with van der Waals surface area (Å²) in [6, 6.07) is 0. The number of piperidine rings is 1. The van der Waals surface area contributed by atoms with Crippen LogP contribution in [-0.2, 0) is 16.0 Å². The fraction of sp³-hybridized carbons (Fsp3) is 0.545. The van der Waals surface area contributed by atoms with Crippen LogP contribution in [0.3, 0.4) is 0 Å². The van der Waals surface area contributed by atoms with E-state index in [1.807, 2.05) is 0 Å². The number of carbonyl (C=O) groups excluding carboxylic acids is 2. The van der Waals surface area contributed by atoms with Gasteiger partial charge in [0.05, 0.1) is 23.6 Å². The summed E-state index contributed by atoms with van der Waals surface area (Å²) in [5.41, 5.74) is 2.01. The molecule has 2 atom stereocenters. The van der Waals surface area contributed by atoms with Gasteiger partial charge in [-0.3, -0.25) is 9.59 Å². The number of rotatable bonds is 7. The van der Waals surface area contributed by atoms with Crippen molar-refractivity contribution in [2.75, 3.05) is 26.7 Å². The van der Waals surface area contributed by atoms with Crippen molar-refractivity contribution in [3.63, 3.8) is 0 Å². The molecule has 1 aliphatic carbocycles. The van der Waals surface area contributed by atoms with Gasteiger partial charge in [-0.15, -0.1) is 0 Å². The second-order valence-corrected chi connectivity index (χ2v) is 8.62. The van der Waals surface area contributed by atoms with Crippen LogP contribution >= 0.6 is 0 Å². The molecule has 2 aromatic rings. The highest BCUT2D eigenvalue weighted by Gasteiger charge is 2.45. The first kappa shape index (κ1) is 22.3. The summed E-state index contributed by atoms with van der Waals surface area (Å²) in [4.78, 5) is 38.2. The van der Waals surface area contributed by atoms with Gasteiger partial charge in [0.25, 0.3) is 5.91 Å². The van der Waals surface area contributed by atoms with Crippen LogP contribution in [0.1, 0.15) is 35.3 Å². The lowest BCUT2D eigenvalue weighted by molar-refractivity contribution is -0.131. The molecule has 0 spiro atoms. The molecule has 0 aromatic carbocycles. The molecular formula is C22H27F2N5O3. The Kier molecular flexibility index (Phi) is 6.23. The zero-order valence-corrected chi connectivity index (χ0v) is 17.9. The van der Waals surface area contributed by atoms with Crippen LogP contribution in [0.15, 0.2) is 25.0 Å². The van der Waals surface area contributed by atoms with Gasteiger partial charge in [-0.25, -0.2) is 18.7 Å². The molecule has 2 fully saturated rings. The Labute approximate surface area is 184 Å². The minimum atomic E-state index is -2.61. The molecule has 32 heavy (non-hydrogen) atoms. The molecular weight excluding hydrogens is 420 g/mol. The number of carbonyl (C=O) groups is 2. The van der Waals surface area contributed by atoms with Gasteiger partial charge in [0, 0.05) is 45.8 Å². The zero-order valence-electron chi connectivity index (χ0n) is 17.9. The van der Waals surface area contributed by atoms with Gasteiger partial charge in [-0.1, -0.05) is 6.58 Å². The zero-order chi connectivity index (χ0) is 22.9. The normalized spacial score (nSPS) is 23.0. The van der Waals surface area contributed by atoms with E-state index < -0.39 is 5.92 Å². The lowest BCUT2D eigenvalue weighted by Gasteiger charge is -2.37. The largest absolute Gasteiger partial charge is 0.379 e. The Morgan fingerprint density at radius 1 is 1.44 bits per heavy atom. The summed E-state index contributed by atoms with van der Waals surface area (Å²) in [5.74, 6) is -3.13. The molecule has 2 amide bonds. The van der Waals surface area contributed by atoms with Crippen LogP contribution in [-0.4, -0.2) is 70.4 Å². The second-order valence-electron chi connectivity index (χ2n) is 8.62. The van der Waals surface area contributed by atoms with Crippen molar-refractivity contribution < 1.29 is 23.1 Å². The molecule has 2 aromatic heterocycles. The Morgan fingerprint density at radius 2 is 2.22 bits per heavy atom. The summed E-state index contributed by atoms with van der Waals surface area (Å²) < 4.78 is 31.6. The number of nitrogens with zero attached hydrogens (tertiary/aromatic N) is 3. The van der Waals surface area contributed by atoms with Crippen molar-refractivity contribution in [2.45, 2.75) is 37.7 Å². The molecule has 1 saturated carbocycles. The molecule has 2 N–H and O–H groups in total. The number of nitrogens with one attached hydrogen (secondary N) is 2. The lowest BCUT2D eigenvalue weighted by Crippen LogP contribution is -2.47. The van der Waals surface area contributed by atoms with Crippen LogP contribution in [0.5, 0.6) is 0 Å². The van der Waals surface area contributed by atoms with E-state index in [0.717, 1.165) is 12.1 Å². The molecule has 4 rings (SSSR count). The number of halogens is 2. The van der Waals surface area contributed by atoms with Crippen LogP contribution in [0.2, 0.25) is 0 Å². The third-order valence-electron chi connectivity index (χ3n) is 6.36. The first-order valence-corrected chi connectivity index (χ1v) is 10.7. The molecule has 10 heteroatoms. The average molecular weight is 447 g/mol. The number of aromatic nitrogens is 3. The van der Waals surface area contributed by atoms with E-state index in [4.69, 9.17) is 4.74 Å². The van der Waals surface area contributed by atoms with Crippen molar-refractivity contribution in [2.24, 2.45) is 11.8 Å². The number of amides is 2. The number of fused-ring (bicyclic) bond motifs is 1. The van der Waals surface area contributed by atoms with Gasteiger partial charge in [-0.05, 0) is 30.8 Å². The molecule has 0 radical (unpaired) electrons. The van der Waals surface area contributed by atoms with E-state index >= 15 is 0 Å². The number of hydrogen-bond donors (Lipinski definition) is 2. The number of aromatic amines is 1. The van der Waals surface area contributed by atoms with Gasteiger partial charge in [-0.2, -0.15) is 0 Å². The van der Waals surface area contributed by atoms with Crippen molar-refractivity contribution >= 4 is 23.0 Å². The van der Waals surface area contributed by atoms with Crippen molar-refractivity contribution in [1.29, 1.82) is 0 Å². The van der Waals surface area contributed by atoms with E-state index in [1.54, 1.807) is 18.2 Å². The van der Waals surface area contributed by atoms with E-state index in [2.05, 4.69) is 26.8 Å². The Morgan fingerprint density at radius 3 is 2.91 bits per heavy atom. The summed E-state index contributed by atoms with van der Waals surface area (Å²) in [5, 5.41) is 2.73. The van der Waals surface area contributed by atoms with E-state index in [9.17, 15) is 18.4 Å². The SMILES string of the molecule is C=CC(=O)N1CC[C@H](Cc2cnc3[nH]cc(C(=O)NCC4CC(F)(F)C4)c3n2)[C@H](OC)C1. The maximum Gasteiger partial charge on any atom is 0.255 e. The van der Waals surface area contributed by atoms with E-state index in [-0.39, 0.29) is 49.1 Å². The fourth-order valence-electron chi connectivity index (χ4n) is 4.52. The molecule has 1 aliphatic heterocycles. The summed E-state index contributed by atoms with van der Waals surface area (Å²) >= 11 is 0. The Bertz CT molecular complexity index is 1020. The van der Waals surface area contributed by atoms with Crippen LogP contribution < -0.4 is 5.32 Å². The van der Waals surface area contributed by atoms with Crippen LogP contribution in [0, 0.1) is 11.8 Å². The minimum Gasteiger partial charge on any atom is -0.379 e. The standard InChI is InChI=1S/C22H27F2N5O3/c1-3-18(30)29-5-4-14(17(12-29)32-2)6-15-10-25-20-19(28-15)16(11-26-20)21(31)27-9-13-7-22(23,24)8-13/h3,10-11,13-14,17H,1,4-9,12H2,2H3,(H,25,26)(H,27,31)/t14-,17-/m1/s1. The first-order chi connectivity index (χ1) is 15.3. The van der Waals surface area contributed by atoms with Gasteiger partial charge in [0.1, 0.15) is 5.52 Å². The van der Waals surface area contributed by atoms with Gasteiger partial charge < -0.3 is 19.9 Å². The highest BCUT2D eigenvalue weighted by atomic mass is 19.3. The fourth-order valence-corrected chi connectivity index (χ4v) is 4.52. The molecule has 0 bridgehead atoms. The molecule has 172 valence electrons. The van der Waals surface area contributed by atoms with Gasteiger partial charge >= 0.3 is 0 Å². The highest BCUT2D eigenvalue weighted by Crippen LogP contribution is 2.41. The second kappa shape index (κ2) is 8.93. The summed E-state index contributed by atoms with van der Waals surface area (Å²) in [6.07, 6.45) is 5.35. The van der Waals surface area contributed by atoms with Gasteiger partial charge in [0.15, 0.2) is 5.65 Å². The van der Waals surface area contributed by atoms with Crippen LogP contribution in [0.25, 0.3) is 11.2 Å². The maximum absolute atomic E-state index is 13.0. The number of likely N-dealkylation sites (tertiary alicyclic amines) is 1. The number of hydrogen-bond acceptors (Lipinski definition) is 5. The minimum absolute atomic E-state index is 0.111. The Hall–Kier alpha value is -2.88. The maximum atomic E-state index is 13.0. The predicted molar refractivity (Wildman–Crippen MR) is 113 cm³/mol. The highest BCUT2D eigenvalue weighted by molar-refractivity contribution is 6.04. The predicted octanol–water partition coefficient (Wildman–Crippen LogP) is 2.33. The third kappa shape index (κ3) is 4.64. The smallest absolute Gasteiger partial charge is 0.255 e. The van der Waals surface area contributed by atoms with Gasteiger partial charge in [0.2, 0.25) is 11.8 Å². The molecule has 3 heterocycles. The van der Waals surface area contributed by atoms with Crippen LogP contribution in [0.4, 0.5) is 8.78 Å². The van der Waals surface area contributed by atoms with E-state index in [0.29, 0.717) is 36.2 Å². The molecule has 2 aliphatic rings. The van der Waals surface area contributed by atoms with Crippen molar-refractivity contribution in [3.8, 4) is 0 Å². The average Bonchev–Trinajstić information content (AvgIpc) is 3.19. The summed E-state index contributed by atoms with van der Waals surface area (Å²) in [7, 11) is 1.63. The quantitative estimate of drug-likeness (QED) is 0.635. The topological polar surface area (TPSA) is 100 Å². The van der Waals surface area contributed by atoms with Crippen molar-refractivity contribution in [3.05, 3.63) is 36.3 Å². The molecule has 8 nitrogen and oxygen atoms in total. The Balaban J connectivity index is 1.42. The third-order valence-corrected chi connectivity index (χ3v) is 6.36. The monoisotopic (exact) mass is 447 g/mol. The lowest BCUT2D eigenvalue weighted by atomic mass is 9.81. The number of methoxy groups -OCH3 is 1. The first-order valence-electron chi connectivity index (χ1n) is 10.7. The summed E-state index contributed by atoms with van der Waals surface area (Å²) in [6.45, 7) is 4.85.